The molecule has 56 heavy (non-hydrogen) atoms. The first-order chi connectivity index (χ1) is 27.7. The molecule has 0 spiro atoms. The van der Waals surface area contributed by atoms with E-state index >= 15 is 0 Å². The van der Waals surface area contributed by atoms with E-state index in [2.05, 4.69) is 193 Å². The lowest BCUT2D eigenvalue weighted by Crippen LogP contribution is -2.02. The van der Waals surface area contributed by atoms with Crippen molar-refractivity contribution in [2.45, 2.75) is 0 Å². The largest absolute Gasteiger partial charge is 0.309 e. The van der Waals surface area contributed by atoms with Gasteiger partial charge in [0.25, 0.3) is 0 Å². The van der Waals surface area contributed by atoms with Gasteiger partial charge in [0.05, 0.1) is 16.7 Å². The standard InChI is InChI=1S/C51H32N4S/c1-3-13-33(14-4-1)34-23-25-36(26-24-34)49-52-50(37-28-30-48-43(31-37)42-19-9-12-22-47(42)56-48)54-51(53-49)38-27-29-39(35-15-5-2-6-16-35)46(32-38)55-44-20-10-7-17-40(44)41-18-8-11-21-45(41)55/h1-32H. The van der Waals surface area contributed by atoms with Gasteiger partial charge in [-0.15, -0.1) is 11.3 Å². The highest BCUT2D eigenvalue weighted by Crippen LogP contribution is 2.39. The van der Waals surface area contributed by atoms with Crippen LogP contribution in [0.2, 0.25) is 0 Å². The van der Waals surface area contributed by atoms with Crippen molar-refractivity contribution in [2.24, 2.45) is 0 Å². The summed E-state index contributed by atoms with van der Waals surface area (Å²) in [7, 11) is 0. The second-order valence-corrected chi connectivity index (χ2v) is 15.1. The van der Waals surface area contributed by atoms with Crippen LogP contribution >= 0.6 is 11.3 Å². The highest BCUT2D eigenvalue weighted by molar-refractivity contribution is 7.25. The molecule has 4 nitrogen and oxygen atoms in total. The van der Waals surface area contributed by atoms with E-state index in [1.807, 2.05) is 17.4 Å². The first-order valence-corrected chi connectivity index (χ1v) is 19.6. The Morgan fingerprint density at radius 2 is 0.786 bits per heavy atom. The number of benzene rings is 8. The molecule has 0 amide bonds. The maximum Gasteiger partial charge on any atom is 0.164 e. The van der Waals surface area contributed by atoms with Crippen LogP contribution in [0.3, 0.4) is 0 Å². The number of para-hydroxylation sites is 2. The maximum absolute atomic E-state index is 5.26. The van der Waals surface area contributed by atoms with Gasteiger partial charge in [-0.3, -0.25) is 0 Å². The third kappa shape index (κ3) is 5.48. The molecule has 0 unspecified atom stereocenters. The second-order valence-electron chi connectivity index (χ2n) is 14.0. The Morgan fingerprint density at radius 1 is 0.321 bits per heavy atom. The molecule has 0 fully saturated rings. The molecule has 0 bridgehead atoms. The zero-order valence-electron chi connectivity index (χ0n) is 30.2. The smallest absolute Gasteiger partial charge is 0.164 e. The summed E-state index contributed by atoms with van der Waals surface area (Å²) in [4.78, 5) is 15.6. The van der Waals surface area contributed by atoms with Crippen molar-refractivity contribution in [1.29, 1.82) is 0 Å². The predicted molar refractivity (Wildman–Crippen MR) is 234 cm³/mol. The van der Waals surface area contributed by atoms with E-state index < -0.39 is 0 Å². The Balaban J connectivity index is 1.14. The number of aromatic nitrogens is 4. The van der Waals surface area contributed by atoms with Crippen LogP contribution in [-0.4, -0.2) is 19.5 Å². The van der Waals surface area contributed by atoms with Crippen molar-refractivity contribution in [3.05, 3.63) is 194 Å². The summed E-state index contributed by atoms with van der Waals surface area (Å²) >= 11 is 1.81. The van der Waals surface area contributed by atoms with Gasteiger partial charge in [0, 0.05) is 53.2 Å². The van der Waals surface area contributed by atoms with Crippen molar-refractivity contribution in [3.8, 4) is 62.1 Å². The Morgan fingerprint density at radius 3 is 1.46 bits per heavy atom. The predicted octanol–water partition coefficient (Wildman–Crippen LogP) is 13.7. The lowest BCUT2D eigenvalue weighted by atomic mass is 10.0. The minimum Gasteiger partial charge on any atom is -0.309 e. The van der Waals surface area contributed by atoms with Gasteiger partial charge < -0.3 is 4.57 Å². The van der Waals surface area contributed by atoms with Crippen LogP contribution < -0.4 is 0 Å². The first kappa shape index (κ1) is 32.2. The molecule has 0 saturated carbocycles. The molecule has 0 N–H and O–H groups in total. The van der Waals surface area contributed by atoms with Crippen molar-refractivity contribution in [1.82, 2.24) is 19.5 Å². The normalized spacial score (nSPS) is 11.6. The highest BCUT2D eigenvalue weighted by atomic mass is 32.1. The van der Waals surface area contributed by atoms with E-state index in [0.717, 1.165) is 50.1 Å². The Bertz CT molecular complexity index is 3180. The summed E-state index contributed by atoms with van der Waals surface area (Å²) in [5.41, 5.74) is 10.7. The highest BCUT2D eigenvalue weighted by Gasteiger charge is 2.19. The average molecular weight is 733 g/mol. The summed E-state index contributed by atoms with van der Waals surface area (Å²) in [6.45, 7) is 0. The molecule has 0 atom stereocenters. The third-order valence-corrected chi connectivity index (χ3v) is 11.8. The molecule has 0 aliphatic rings. The average Bonchev–Trinajstić information content (AvgIpc) is 3.82. The lowest BCUT2D eigenvalue weighted by Gasteiger charge is -2.16. The van der Waals surface area contributed by atoms with Crippen LogP contribution in [0.15, 0.2) is 194 Å². The third-order valence-electron chi connectivity index (χ3n) is 10.7. The van der Waals surface area contributed by atoms with Gasteiger partial charge in [0.2, 0.25) is 0 Å². The van der Waals surface area contributed by atoms with Crippen LogP contribution in [0.25, 0.3) is 104 Å². The van der Waals surface area contributed by atoms with Gasteiger partial charge in [0.15, 0.2) is 17.5 Å². The number of hydrogen-bond donors (Lipinski definition) is 0. The van der Waals surface area contributed by atoms with Gasteiger partial charge in [-0.1, -0.05) is 152 Å². The fourth-order valence-corrected chi connectivity index (χ4v) is 9.06. The number of nitrogens with zero attached hydrogens (tertiary/aromatic N) is 4. The first-order valence-electron chi connectivity index (χ1n) is 18.8. The molecule has 8 aromatic carbocycles. The molecule has 0 radical (unpaired) electrons. The molecular weight excluding hydrogens is 701 g/mol. The molecule has 5 heteroatoms. The van der Waals surface area contributed by atoms with Gasteiger partial charge >= 0.3 is 0 Å². The summed E-state index contributed by atoms with van der Waals surface area (Å²) in [5, 5.41) is 4.88. The zero-order chi connectivity index (χ0) is 37.0. The van der Waals surface area contributed by atoms with E-state index in [0.29, 0.717) is 17.5 Å². The van der Waals surface area contributed by atoms with Crippen LogP contribution in [0.1, 0.15) is 0 Å². The summed E-state index contributed by atoms with van der Waals surface area (Å²) in [6, 6.07) is 68.6. The minimum atomic E-state index is 0.619. The fourth-order valence-electron chi connectivity index (χ4n) is 7.97. The molecule has 0 aliphatic heterocycles. The molecule has 3 heterocycles. The molecule has 262 valence electrons. The molecular formula is C51H32N4S. The van der Waals surface area contributed by atoms with E-state index in [1.54, 1.807) is 0 Å². The van der Waals surface area contributed by atoms with Crippen LogP contribution in [0, 0.1) is 0 Å². The molecule has 0 aliphatic carbocycles. The zero-order valence-corrected chi connectivity index (χ0v) is 31.0. The van der Waals surface area contributed by atoms with E-state index in [-0.39, 0.29) is 0 Å². The monoisotopic (exact) mass is 732 g/mol. The molecule has 11 aromatic rings. The van der Waals surface area contributed by atoms with Gasteiger partial charge in [-0.2, -0.15) is 0 Å². The van der Waals surface area contributed by atoms with E-state index in [9.17, 15) is 0 Å². The lowest BCUT2D eigenvalue weighted by molar-refractivity contribution is 1.07. The minimum absolute atomic E-state index is 0.619. The van der Waals surface area contributed by atoms with Crippen molar-refractivity contribution in [3.63, 3.8) is 0 Å². The quantitative estimate of drug-likeness (QED) is 0.171. The van der Waals surface area contributed by atoms with Gasteiger partial charge in [-0.05, 0) is 59.2 Å². The number of thiophene rings is 1. The second kappa shape index (κ2) is 13.3. The summed E-state index contributed by atoms with van der Waals surface area (Å²) in [6.07, 6.45) is 0. The van der Waals surface area contributed by atoms with Gasteiger partial charge in [0.1, 0.15) is 0 Å². The van der Waals surface area contributed by atoms with Gasteiger partial charge in [-0.25, -0.2) is 15.0 Å². The Hall–Kier alpha value is -7.21. The van der Waals surface area contributed by atoms with Crippen LogP contribution in [-0.2, 0) is 0 Å². The summed E-state index contributed by atoms with van der Waals surface area (Å²) in [5.74, 6) is 1.89. The van der Waals surface area contributed by atoms with E-state index in [1.165, 1.54) is 36.5 Å². The van der Waals surface area contributed by atoms with Crippen molar-refractivity contribution < 1.29 is 0 Å². The molecule has 0 saturated heterocycles. The number of rotatable bonds is 6. The Labute approximate surface area is 327 Å². The summed E-state index contributed by atoms with van der Waals surface area (Å²) < 4.78 is 4.90. The van der Waals surface area contributed by atoms with E-state index in [4.69, 9.17) is 15.0 Å². The number of fused-ring (bicyclic) bond motifs is 6. The molecule has 3 aromatic heterocycles. The fraction of sp³-hybridized carbons (Fsp3) is 0. The Kier molecular flexibility index (Phi) is 7.64. The number of hydrogen-bond acceptors (Lipinski definition) is 4. The maximum atomic E-state index is 5.26. The van der Waals surface area contributed by atoms with Crippen LogP contribution in [0.4, 0.5) is 0 Å². The van der Waals surface area contributed by atoms with Crippen LogP contribution in [0.5, 0.6) is 0 Å². The molecule has 11 rings (SSSR count). The topological polar surface area (TPSA) is 43.6 Å². The van der Waals surface area contributed by atoms with Crippen molar-refractivity contribution >= 4 is 53.3 Å². The SMILES string of the molecule is c1ccc(-c2ccc(-c3nc(-c4ccc(-c5ccccc5)c(-n5c6ccccc6c6ccccc65)c4)nc(-c4ccc5sc6ccccc6c5c4)n3)cc2)cc1. The van der Waals surface area contributed by atoms with Crippen molar-refractivity contribution in [2.75, 3.05) is 0 Å².